The van der Waals surface area contributed by atoms with Gasteiger partial charge in [0.25, 0.3) is 11.8 Å². The van der Waals surface area contributed by atoms with Crippen molar-refractivity contribution in [3.8, 4) is 0 Å². The number of likely N-dealkylation sites (N-methyl/N-ethyl adjacent to an activating group) is 1. The first-order chi connectivity index (χ1) is 14.6. The predicted molar refractivity (Wildman–Crippen MR) is 116 cm³/mol. The van der Waals surface area contributed by atoms with Gasteiger partial charge in [0.1, 0.15) is 5.54 Å². The summed E-state index contributed by atoms with van der Waals surface area (Å²) >= 11 is 0. The Morgan fingerprint density at radius 1 is 1.16 bits per heavy atom. The zero-order chi connectivity index (χ0) is 22.8. The lowest BCUT2D eigenvalue weighted by atomic mass is 9.77. The molecule has 9 heteroatoms. The van der Waals surface area contributed by atoms with Crippen LogP contribution >= 0.6 is 0 Å². The lowest BCUT2D eigenvalue weighted by molar-refractivity contribution is -0.140. The third kappa shape index (κ3) is 5.04. The molecular formula is C22H31N5O4. The van der Waals surface area contributed by atoms with E-state index in [2.05, 4.69) is 23.0 Å². The summed E-state index contributed by atoms with van der Waals surface area (Å²) in [6, 6.07) is 5.05. The second kappa shape index (κ2) is 9.05. The zero-order valence-corrected chi connectivity index (χ0v) is 18.6. The molecule has 2 fully saturated rings. The summed E-state index contributed by atoms with van der Waals surface area (Å²) in [5.74, 6) is -0.684. The molecule has 1 aliphatic carbocycles. The van der Waals surface area contributed by atoms with Crippen molar-refractivity contribution in [2.75, 3.05) is 25.5 Å². The van der Waals surface area contributed by atoms with Crippen LogP contribution < -0.4 is 16.1 Å². The molecule has 1 saturated heterocycles. The van der Waals surface area contributed by atoms with Gasteiger partial charge >= 0.3 is 6.03 Å². The Balaban J connectivity index is 1.51. The summed E-state index contributed by atoms with van der Waals surface area (Å²) in [5, 5.41) is 6.39. The minimum atomic E-state index is -0.908. The second-order valence-electron chi connectivity index (χ2n) is 8.84. The second-order valence-corrected chi connectivity index (χ2v) is 8.84. The summed E-state index contributed by atoms with van der Waals surface area (Å²) in [6.07, 6.45) is 2.85. The number of urea groups is 1. The quantitative estimate of drug-likeness (QED) is 0.596. The zero-order valence-electron chi connectivity index (χ0n) is 18.6. The molecule has 0 radical (unpaired) electrons. The fraction of sp³-hybridized carbons (Fsp3) is 0.545. The maximum Gasteiger partial charge on any atom is 0.344 e. The molecule has 1 saturated carbocycles. The highest BCUT2D eigenvalue weighted by molar-refractivity contribution is 6.08. The number of carbonyl (C=O) groups is 4. The van der Waals surface area contributed by atoms with E-state index >= 15 is 0 Å². The Hall–Kier alpha value is -2.94. The molecule has 0 aromatic heterocycles. The molecule has 0 bridgehead atoms. The number of aryl methyl sites for hydroxylation is 1. The molecule has 9 nitrogen and oxygen atoms in total. The van der Waals surface area contributed by atoms with Gasteiger partial charge in [0.05, 0.1) is 13.1 Å². The lowest BCUT2D eigenvalue weighted by Gasteiger charge is -2.33. The van der Waals surface area contributed by atoms with Crippen molar-refractivity contribution in [2.45, 2.75) is 52.0 Å². The van der Waals surface area contributed by atoms with Crippen molar-refractivity contribution in [3.05, 3.63) is 29.3 Å². The number of imide groups is 1. The third-order valence-corrected chi connectivity index (χ3v) is 6.23. The Morgan fingerprint density at radius 3 is 2.48 bits per heavy atom. The first-order valence-electron chi connectivity index (χ1n) is 10.6. The molecule has 3 rings (SSSR count). The topological polar surface area (TPSA) is 111 Å². The highest BCUT2D eigenvalue weighted by Crippen LogP contribution is 2.35. The minimum absolute atomic E-state index is 0.0111. The Labute approximate surface area is 182 Å². The highest BCUT2D eigenvalue weighted by Gasteiger charge is 2.52. The number of carbonyl (C=O) groups excluding carboxylic acids is 4. The average Bonchev–Trinajstić information content (AvgIpc) is 2.92. The summed E-state index contributed by atoms with van der Waals surface area (Å²) in [7, 11) is 1.62. The van der Waals surface area contributed by atoms with Crippen molar-refractivity contribution in [2.24, 2.45) is 5.92 Å². The van der Waals surface area contributed by atoms with Gasteiger partial charge in [-0.15, -0.1) is 0 Å². The molecule has 3 N–H and O–H groups in total. The van der Waals surface area contributed by atoms with Gasteiger partial charge in [0, 0.05) is 5.69 Å². The van der Waals surface area contributed by atoms with Crippen LogP contribution in [0.2, 0.25) is 0 Å². The van der Waals surface area contributed by atoms with E-state index in [-0.39, 0.29) is 19.0 Å². The van der Waals surface area contributed by atoms with Gasteiger partial charge in [-0.3, -0.25) is 24.7 Å². The van der Waals surface area contributed by atoms with Crippen LogP contribution in [-0.4, -0.2) is 59.3 Å². The van der Waals surface area contributed by atoms with Gasteiger partial charge in [-0.25, -0.2) is 4.79 Å². The van der Waals surface area contributed by atoms with Crippen molar-refractivity contribution >= 4 is 29.4 Å². The van der Waals surface area contributed by atoms with E-state index < -0.39 is 23.4 Å². The predicted octanol–water partition coefficient (Wildman–Crippen LogP) is 1.71. The third-order valence-electron chi connectivity index (χ3n) is 6.23. The first-order valence-corrected chi connectivity index (χ1v) is 10.6. The number of rotatable bonds is 6. The van der Waals surface area contributed by atoms with Crippen molar-refractivity contribution in [1.82, 2.24) is 20.7 Å². The summed E-state index contributed by atoms with van der Waals surface area (Å²) in [5.41, 5.74) is 4.27. The van der Waals surface area contributed by atoms with Crippen LogP contribution in [0.5, 0.6) is 0 Å². The number of anilines is 1. The van der Waals surface area contributed by atoms with Crippen molar-refractivity contribution in [1.29, 1.82) is 0 Å². The standard InChI is InChI=1S/C22H31N5O4/c1-14-8-10-22(11-9-14)20(30)27(21(31)24-22)25-19(29)13-26(4)12-18(28)23-17-7-5-6-15(2)16(17)3/h5-7,14H,8-13H2,1-4H3,(H,23,28)(H,24,31)(H,25,29). The maximum absolute atomic E-state index is 12.8. The molecule has 1 heterocycles. The lowest BCUT2D eigenvalue weighted by Crippen LogP contribution is -2.52. The summed E-state index contributed by atoms with van der Waals surface area (Å²) in [4.78, 5) is 51.4. The largest absolute Gasteiger partial charge is 0.344 e. The first kappa shape index (κ1) is 22.7. The Bertz CT molecular complexity index is 892. The number of nitrogens with zero attached hydrogens (tertiary/aromatic N) is 2. The molecule has 168 valence electrons. The van der Waals surface area contributed by atoms with Gasteiger partial charge < -0.3 is 10.6 Å². The molecule has 31 heavy (non-hydrogen) atoms. The molecular weight excluding hydrogens is 398 g/mol. The fourth-order valence-electron chi connectivity index (χ4n) is 4.10. The fourth-order valence-corrected chi connectivity index (χ4v) is 4.10. The Morgan fingerprint density at radius 2 is 1.81 bits per heavy atom. The van der Waals surface area contributed by atoms with Crippen LogP contribution in [0.1, 0.15) is 43.7 Å². The van der Waals surface area contributed by atoms with Gasteiger partial charge in [-0.05, 0) is 69.7 Å². The summed E-state index contributed by atoms with van der Waals surface area (Å²) in [6.45, 7) is 5.87. The molecule has 5 amide bonds. The van der Waals surface area contributed by atoms with Crippen LogP contribution in [0.25, 0.3) is 0 Å². The molecule has 1 aromatic rings. The maximum atomic E-state index is 12.8. The number of hydrogen-bond donors (Lipinski definition) is 3. The van der Waals surface area contributed by atoms with E-state index in [4.69, 9.17) is 0 Å². The smallest absolute Gasteiger partial charge is 0.325 e. The van der Waals surface area contributed by atoms with Gasteiger partial charge in [0.2, 0.25) is 5.91 Å². The molecule has 0 unspecified atom stereocenters. The van der Waals surface area contributed by atoms with E-state index in [1.165, 1.54) is 4.90 Å². The van der Waals surface area contributed by atoms with Crippen molar-refractivity contribution in [3.63, 3.8) is 0 Å². The van der Waals surface area contributed by atoms with E-state index in [0.29, 0.717) is 18.8 Å². The summed E-state index contributed by atoms with van der Waals surface area (Å²) < 4.78 is 0. The molecule has 2 aliphatic rings. The van der Waals surface area contributed by atoms with Crippen LogP contribution in [0.3, 0.4) is 0 Å². The van der Waals surface area contributed by atoms with Crippen molar-refractivity contribution < 1.29 is 19.2 Å². The molecule has 1 aromatic carbocycles. The minimum Gasteiger partial charge on any atom is -0.325 e. The molecule has 1 aliphatic heterocycles. The van der Waals surface area contributed by atoms with Crippen LogP contribution in [-0.2, 0) is 14.4 Å². The Kier molecular flexibility index (Phi) is 6.64. The average molecular weight is 430 g/mol. The molecule has 0 atom stereocenters. The highest BCUT2D eigenvalue weighted by atomic mass is 16.2. The van der Waals surface area contributed by atoms with Crippen LogP contribution in [0.4, 0.5) is 10.5 Å². The molecule has 1 spiro atoms. The monoisotopic (exact) mass is 429 g/mol. The van der Waals surface area contributed by atoms with Gasteiger partial charge in [-0.2, -0.15) is 5.01 Å². The van der Waals surface area contributed by atoms with E-state index in [1.54, 1.807) is 7.05 Å². The SMILES string of the molecule is Cc1cccc(NC(=O)CN(C)CC(=O)NN2C(=O)NC3(CCC(C)CC3)C2=O)c1C. The van der Waals surface area contributed by atoms with Crippen LogP contribution in [0, 0.1) is 19.8 Å². The van der Waals surface area contributed by atoms with Crippen LogP contribution in [0.15, 0.2) is 18.2 Å². The van der Waals surface area contributed by atoms with E-state index in [1.807, 2.05) is 32.0 Å². The van der Waals surface area contributed by atoms with Gasteiger partial charge in [-0.1, -0.05) is 19.1 Å². The number of amides is 5. The van der Waals surface area contributed by atoms with Gasteiger partial charge in [0.15, 0.2) is 0 Å². The number of hydrogen-bond acceptors (Lipinski definition) is 5. The number of hydrazine groups is 1. The van der Waals surface area contributed by atoms with E-state index in [0.717, 1.165) is 34.7 Å². The number of nitrogens with one attached hydrogen (secondary N) is 3. The normalized spacial score (nSPS) is 23.3. The van der Waals surface area contributed by atoms with E-state index in [9.17, 15) is 19.2 Å². The number of benzene rings is 1.